The fourth-order valence-electron chi connectivity index (χ4n) is 6.07. The molecule has 0 saturated carbocycles. The van der Waals surface area contributed by atoms with Crippen molar-refractivity contribution in [1.29, 1.82) is 5.26 Å². The smallest absolute Gasteiger partial charge is 0.465 e. The standard InChI is InChI=1S/C18H11F7N4O2S.C17H19BF7N3O2/c1-28-13(16(19,17(20,21)22)18(23,24)25)3-4-14(28)29-8-9(7-27-29)11-5-10(15(30)31-2)12(6-26)32-11;1-13(2)14(3,4)30-18(29-13)10-8-26-28(9-10)12-7-6-11(27(12)5)15(19,16(20,21)22)17(23,24)25/h3-5,7-8H,1-2H3;6-9H,1-5H3. The third-order valence-electron chi connectivity index (χ3n) is 10.2. The van der Waals surface area contributed by atoms with Crippen LogP contribution in [-0.2, 0) is 39.5 Å². The van der Waals surface area contributed by atoms with E-state index in [0.717, 1.165) is 54.0 Å². The topological polar surface area (TPSA) is 114 Å². The summed E-state index contributed by atoms with van der Waals surface area (Å²) in [7, 11) is 2.02. The maximum atomic E-state index is 14.4. The van der Waals surface area contributed by atoms with Crippen LogP contribution in [0.3, 0.4) is 0 Å². The van der Waals surface area contributed by atoms with Crippen LogP contribution in [0.5, 0.6) is 0 Å². The SMILES string of the molecule is COC(=O)c1cc(-c2cnn(-c3ccc(C(F)(C(F)(F)F)C(F)(F)F)n3C)c2)sc1C#N.Cn1c(-n2cc(B3OC(C)(C)C(C)(C)O3)cn2)ccc1C(F)(C(F)(F)F)C(F)(F)F. The lowest BCUT2D eigenvalue weighted by Gasteiger charge is -2.32. The third-order valence-corrected chi connectivity index (χ3v) is 11.3. The van der Waals surface area contributed by atoms with E-state index in [-0.39, 0.29) is 22.1 Å². The zero-order chi connectivity index (χ0) is 47.0. The Morgan fingerprint density at radius 3 is 1.55 bits per heavy atom. The minimum absolute atomic E-state index is 0.0125. The first-order valence-electron chi connectivity index (χ1n) is 17.2. The molecule has 0 amide bonds. The van der Waals surface area contributed by atoms with Crippen LogP contribution in [0.4, 0.5) is 61.5 Å². The summed E-state index contributed by atoms with van der Waals surface area (Å²) in [6.07, 6.45) is -19.8. The number of halogens is 14. The van der Waals surface area contributed by atoms with E-state index in [0.29, 0.717) is 37.2 Å². The summed E-state index contributed by atoms with van der Waals surface area (Å²) in [5.74, 6) is -1.25. The zero-order valence-corrected chi connectivity index (χ0v) is 33.6. The molecule has 0 spiro atoms. The highest BCUT2D eigenvalue weighted by Crippen LogP contribution is 2.55. The molecule has 11 nitrogen and oxygen atoms in total. The summed E-state index contributed by atoms with van der Waals surface area (Å²) in [4.78, 5) is 12.2. The molecule has 1 aliphatic heterocycles. The monoisotopic (exact) mass is 921 g/mol. The molecule has 0 N–H and O–H groups in total. The summed E-state index contributed by atoms with van der Waals surface area (Å²) in [5.41, 5.74) is -15.0. The van der Waals surface area contributed by atoms with Gasteiger partial charge < -0.3 is 23.2 Å². The van der Waals surface area contributed by atoms with E-state index in [1.165, 1.54) is 30.9 Å². The van der Waals surface area contributed by atoms with Crippen LogP contribution in [-0.4, -0.2) is 84.8 Å². The Kier molecular flexibility index (Phi) is 11.9. The fourth-order valence-corrected chi connectivity index (χ4v) is 6.99. The van der Waals surface area contributed by atoms with Gasteiger partial charge in [0.15, 0.2) is 0 Å². The van der Waals surface area contributed by atoms with E-state index in [2.05, 4.69) is 14.9 Å². The average molecular weight is 922 g/mol. The summed E-state index contributed by atoms with van der Waals surface area (Å²) < 4.78 is 205. The first kappa shape index (κ1) is 47.7. The lowest BCUT2D eigenvalue weighted by atomic mass is 9.82. The van der Waals surface area contributed by atoms with Gasteiger partial charge in [0.1, 0.15) is 22.6 Å². The molecular formula is C35H30BF14N7O4S. The predicted octanol–water partition coefficient (Wildman–Crippen LogP) is 8.69. The number of aromatic nitrogens is 6. The molecule has 1 aliphatic rings. The van der Waals surface area contributed by atoms with Crippen LogP contribution < -0.4 is 5.46 Å². The lowest BCUT2D eigenvalue weighted by molar-refractivity contribution is -0.351. The molecule has 62 heavy (non-hydrogen) atoms. The quantitative estimate of drug-likeness (QED) is 0.0913. The van der Waals surface area contributed by atoms with E-state index >= 15 is 0 Å². The number of hydrogen-bond acceptors (Lipinski definition) is 8. The van der Waals surface area contributed by atoms with Crippen molar-refractivity contribution in [3.05, 3.63) is 76.9 Å². The molecule has 0 unspecified atom stereocenters. The molecule has 0 atom stereocenters. The predicted molar refractivity (Wildman–Crippen MR) is 190 cm³/mol. The second kappa shape index (κ2) is 15.5. The average Bonchev–Trinajstić information content (AvgIpc) is 3.99. The normalized spacial score (nSPS) is 16.0. The first-order chi connectivity index (χ1) is 28.2. The summed E-state index contributed by atoms with van der Waals surface area (Å²) >= 11 is 0.906. The molecule has 336 valence electrons. The lowest BCUT2D eigenvalue weighted by Crippen LogP contribution is -2.51. The molecule has 5 aromatic rings. The molecule has 0 aliphatic carbocycles. The Balaban J connectivity index is 0.000000235. The molecule has 6 heterocycles. The molecule has 0 radical (unpaired) electrons. The number of carbonyl (C=O) groups excluding carboxylic acids is 1. The number of carbonyl (C=O) groups is 1. The van der Waals surface area contributed by atoms with E-state index < -0.39 is 71.7 Å². The molecule has 0 bridgehead atoms. The fraction of sp³-hybridized carbons (Fsp3) is 0.429. The van der Waals surface area contributed by atoms with Gasteiger partial charge in [-0.3, -0.25) is 0 Å². The van der Waals surface area contributed by atoms with Crippen molar-refractivity contribution in [3.8, 4) is 28.1 Å². The van der Waals surface area contributed by atoms with Gasteiger partial charge in [-0.05, 0) is 58.0 Å². The minimum Gasteiger partial charge on any atom is -0.465 e. The number of esters is 1. The molecule has 27 heteroatoms. The van der Waals surface area contributed by atoms with Gasteiger partial charge >= 0.3 is 49.1 Å². The molecule has 0 aromatic carbocycles. The Labute approximate surface area is 345 Å². The summed E-state index contributed by atoms with van der Waals surface area (Å²) in [6.45, 7) is 7.26. The van der Waals surface area contributed by atoms with E-state index in [1.54, 1.807) is 0 Å². The van der Waals surface area contributed by atoms with Crippen molar-refractivity contribution in [2.24, 2.45) is 14.1 Å². The van der Waals surface area contributed by atoms with Gasteiger partial charge in [-0.15, -0.1) is 11.3 Å². The van der Waals surface area contributed by atoms with E-state index in [4.69, 9.17) is 14.6 Å². The van der Waals surface area contributed by atoms with Crippen LogP contribution in [0, 0.1) is 11.3 Å². The molecule has 6 rings (SSSR count). The number of thiophene rings is 1. The van der Waals surface area contributed by atoms with Crippen LogP contribution in [0.25, 0.3) is 22.1 Å². The van der Waals surface area contributed by atoms with Crippen LogP contribution in [0.15, 0.2) is 55.1 Å². The number of methoxy groups -OCH3 is 1. The largest absolute Gasteiger partial charge is 0.498 e. The van der Waals surface area contributed by atoms with E-state index in [9.17, 15) is 66.3 Å². The number of hydrogen-bond donors (Lipinski definition) is 0. The highest BCUT2D eigenvalue weighted by molar-refractivity contribution is 7.16. The molecular weight excluding hydrogens is 891 g/mol. The van der Waals surface area contributed by atoms with Gasteiger partial charge in [0.25, 0.3) is 0 Å². The van der Waals surface area contributed by atoms with Crippen molar-refractivity contribution in [2.45, 2.75) is 74.9 Å². The molecule has 5 aromatic heterocycles. The molecule has 1 saturated heterocycles. The number of alkyl halides is 14. The first-order valence-corrected chi connectivity index (χ1v) is 18.1. The Morgan fingerprint density at radius 2 is 1.15 bits per heavy atom. The van der Waals surface area contributed by atoms with Crippen LogP contribution >= 0.6 is 11.3 Å². The number of ether oxygens (including phenoxy) is 1. The maximum absolute atomic E-state index is 14.4. The Bertz CT molecular complexity index is 2460. The van der Waals surface area contributed by atoms with Crippen LogP contribution in [0.1, 0.15) is 54.3 Å². The van der Waals surface area contributed by atoms with Gasteiger partial charge in [0.2, 0.25) is 0 Å². The van der Waals surface area contributed by atoms with Gasteiger partial charge in [-0.1, -0.05) is 0 Å². The van der Waals surface area contributed by atoms with Crippen molar-refractivity contribution in [2.75, 3.05) is 7.11 Å². The Morgan fingerprint density at radius 1 is 0.726 bits per heavy atom. The Hall–Kier alpha value is -5.36. The summed E-state index contributed by atoms with van der Waals surface area (Å²) in [5, 5.41) is 17.0. The minimum atomic E-state index is -6.25. The third kappa shape index (κ3) is 7.84. The van der Waals surface area contributed by atoms with Crippen molar-refractivity contribution >= 4 is 29.9 Å². The van der Waals surface area contributed by atoms with Gasteiger partial charge in [0, 0.05) is 48.6 Å². The molecule has 1 fully saturated rings. The number of rotatable bonds is 7. The van der Waals surface area contributed by atoms with Gasteiger partial charge in [0.05, 0.1) is 41.5 Å². The van der Waals surface area contributed by atoms with Crippen molar-refractivity contribution in [3.63, 3.8) is 0 Å². The highest BCUT2D eigenvalue weighted by atomic mass is 32.1. The number of nitrogens with zero attached hydrogens (tertiary/aromatic N) is 7. The van der Waals surface area contributed by atoms with Crippen molar-refractivity contribution < 1.29 is 80.3 Å². The second-order valence-corrected chi connectivity index (χ2v) is 15.6. The van der Waals surface area contributed by atoms with Gasteiger partial charge in [-0.25, -0.2) is 22.9 Å². The highest BCUT2D eigenvalue weighted by Gasteiger charge is 2.76. The zero-order valence-electron chi connectivity index (χ0n) is 32.7. The van der Waals surface area contributed by atoms with Gasteiger partial charge in [-0.2, -0.15) is 68.1 Å². The van der Waals surface area contributed by atoms with Crippen molar-refractivity contribution in [1.82, 2.24) is 28.7 Å². The number of nitriles is 1. The maximum Gasteiger partial charge on any atom is 0.498 e. The van der Waals surface area contributed by atoms with E-state index in [1.807, 2.05) is 33.8 Å². The second-order valence-electron chi connectivity index (χ2n) is 14.5. The summed E-state index contributed by atoms with van der Waals surface area (Å²) in [6, 6.07) is 5.76. The van der Waals surface area contributed by atoms with Crippen LogP contribution in [0.2, 0.25) is 0 Å².